The minimum absolute atomic E-state index is 0.335. The van der Waals surface area contributed by atoms with Gasteiger partial charge in [0, 0.05) is 24.7 Å². The van der Waals surface area contributed by atoms with Crippen molar-refractivity contribution < 1.29 is 9.90 Å². The van der Waals surface area contributed by atoms with E-state index in [9.17, 15) is 4.79 Å². The number of rotatable bonds is 5. The van der Waals surface area contributed by atoms with Gasteiger partial charge >= 0.3 is 5.97 Å². The second kappa shape index (κ2) is 5.12. The summed E-state index contributed by atoms with van der Waals surface area (Å²) in [5, 5.41) is 12.1. The van der Waals surface area contributed by atoms with Crippen molar-refractivity contribution >= 4 is 11.8 Å². The van der Waals surface area contributed by atoms with E-state index in [1.54, 1.807) is 13.8 Å². The average molecular weight is 237 g/mol. The minimum Gasteiger partial charge on any atom is -0.481 e. The number of nitrogens with zero attached hydrogens (tertiary/aromatic N) is 2. The number of hydrogen-bond acceptors (Lipinski definition) is 4. The summed E-state index contributed by atoms with van der Waals surface area (Å²) < 4.78 is 0. The zero-order chi connectivity index (χ0) is 13.1. The van der Waals surface area contributed by atoms with Gasteiger partial charge in [0.05, 0.1) is 5.41 Å². The number of aliphatic carboxylic acids is 1. The molecule has 0 saturated carbocycles. The first-order valence-electron chi connectivity index (χ1n) is 5.67. The molecule has 5 heteroatoms. The van der Waals surface area contributed by atoms with Crippen LogP contribution in [-0.4, -0.2) is 27.6 Å². The lowest BCUT2D eigenvalue weighted by Gasteiger charge is -2.20. The molecule has 0 atom stereocenters. The Morgan fingerprint density at radius 3 is 2.65 bits per heavy atom. The molecule has 0 bridgehead atoms. The zero-order valence-corrected chi connectivity index (χ0v) is 10.7. The second-order valence-electron chi connectivity index (χ2n) is 4.71. The minimum atomic E-state index is -0.827. The third kappa shape index (κ3) is 3.69. The van der Waals surface area contributed by atoms with Crippen molar-refractivity contribution in [1.29, 1.82) is 0 Å². The summed E-state index contributed by atoms with van der Waals surface area (Å²) in [5.74, 6) is 0.621. The van der Waals surface area contributed by atoms with Crippen LogP contribution in [-0.2, 0) is 11.2 Å². The molecule has 0 unspecified atom stereocenters. The highest BCUT2D eigenvalue weighted by atomic mass is 16.4. The summed E-state index contributed by atoms with van der Waals surface area (Å²) in [4.78, 5) is 19.5. The molecule has 0 aliphatic heterocycles. The third-order valence-electron chi connectivity index (χ3n) is 2.51. The van der Waals surface area contributed by atoms with Crippen LogP contribution in [0, 0.1) is 12.3 Å². The molecule has 0 aliphatic carbocycles. The highest BCUT2D eigenvalue weighted by Crippen LogP contribution is 2.16. The van der Waals surface area contributed by atoms with Gasteiger partial charge in [0.25, 0.3) is 0 Å². The predicted molar refractivity (Wildman–Crippen MR) is 66.1 cm³/mol. The van der Waals surface area contributed by atoms with Crippen molar-refractivity contribution in [1.82, 2.24) is 9.97 Å². The molecule has 2 N–H and O–H groups in total. The second-order valence-corrected chi connectivity index (χ2v) is 4.71. The molecule has 1 rings (SSSR count). The predicted octanol–water partition coefficient (Wildman–Crippen LogP) is 1.87. The topological polar surface area (TPSA) is 75.1 Å². The molecule has 1 aromatic heterocycles. The molecule has 0 spiro atoms. The molecular formula is C12H19N3O2. The number of aryl methyl sites for hydroxylation is 2. The van der Waals surface area contributed by atoms with Crippen LogP contribution < -0.4 is 5.32 Å². The summed E-state index contributed by atoms with van der Waals surface area (Å²) in [6, 6.07) is 1.82. The molecule has 0 aromatic carbocycles. The van der Waals surface area contributed by atoms with E-state index >= 15 is 0 Å². The first-order valence-corrected chi connectivity index (χ1v) is 5.67. The Labute approximate surface area is 101 Å². The largest absolute Gasteiger partial charge is 0.481 e. The molecule has 0 fully saturated rings. The monoisotopic (exact) mass is 237 g/mol. The highest BCUT2D eigenvalue weighted by Gasteiger charge is 2.26. The van der Waals surface area contributed by atoms with E-state index in [0.717, 1.165) is 17.9 Å². The van der Waals surface area contributed by atoms with Gasteiger partial charge in [-0.3, -0.25) is 4.79 Å². The molecule has 0 aliphatic rings. The van der Waals surface area contributed by atoms with Crippen molar-refractivity contribution in [3.05, 3.63) is 17.6 Å². The molecule has 1 aromatic rings. The van der Waals surface area contributed by atoms with E-state index in [0.29, 0.717) is 12.4 Å². The van der Waals surface area contributed by atoms with Crippen LogP contribution >= 0.6 is 0 Å². The molecular weight excluding hydrogens is 218 g/mol. The maximum Gasteiger partial charge on any atom is 0.310 e. The Kier molecular flexibility index (Phi) is 4.04. The Balaban J connectivity index is 2.76. The molecule has 5 nitrogen and oxygen atoms in total. The third-order valence-corrected chi connectivity index (χ3v) is 2.51. The van der Waals surface area contributed by atoms with Crippen LogP contribution in [0.25, 0.3) is 0 Å². The molecule has 0 radical (unpaired) electrons. The smallest absolute Gasteiger partial charge is 0.310 e. The fourth-order valence-corrected chi connectivity index (χ4v) is 1.27. The van der Waals surface area contributed by atoms with Gasteiger partial charge in [-0.05, 0) is 20.8 Å². The lowest BCUT2D eigenvalue weighted by Crippen LogP contribution is -2.32. The summed E-state index contributed by atoms with van der Waals surface area (Å²) >= 11 is 0. The van der Waals surface area contributed by atoms with Crippen LogP contribution in [0.5, 0.6) is 0 Å². The van der Waals surface area contributed by atoms with E-state index in [-0.39, 0.29) is 0 Å². The number of aromatic nitrogens is 2. The van der Waals surface area contributed by atoms with Crippen LogP contribution in [0.15, 0.2) is 6.07 Å². The molecule has 17 heavy (non-hydrogen) atoms. The number of carboxylic acid groups (broad SMARTS) is 1. The fraction of sp³-hybridized carbons (Fsp3) is 0.583. The first-order chi connectivity index (χ1) is 7.85. The zero-order valence-electron chi connectivity index (χ0n) is 10.7. The van der Waals surface area contributed by atoms with Gasteiger partial charge in [-0.2, -0.15) is 0 Å². The van der Waals surface area contributed by atoms with Crippen LogP contribution in [0.4, 0.5) is 5.82 Å². The molecule has 94 valence electrons. The molecule has 1 heterocycles. The van der Waals surface area contributed by atoms with Gasteiger partial charge in [0.15, 0.2) is 0 Å². The SMILES string of the molecule is CCc1nc(C)cc(NCC(C)(C)C(=O)O)n1. The van der Waals surface area contributed by atoms with Crippen LogP contribution in [0.3, 0.4) is 0 Å². The van der Waals surface area contributed by atoms with Gasteiger partial charge in [-0.15, -0.1) is 0 Å². The Morgan fingerprint density at radius 2 is 2.12 bits per heavy atom. The number of carbonyl (C=O) groups is 1. The van der Waals surface area contributed by atoms with Crippen molar-refractivity contribution in [2.45, 2.75) is 34.1 Å². The number of nitrogens with one attached hydrogen (secondary N) is 1. The van der Waals surface area contributed by atoms with E-state index < -0.39 is 11.4 Å². The van der Waals surface area contributed by atoms with Crippen molar-refractivity contribution in [3.8, 4) is 0 Å². The number of anilines is 1. The number of carboxylic acids is 1. The van der Waals surface area contributed by atoms with E-state index in [2.05, 4.69) is 15.3 Å². The maximum absolute atomic E-state index is 11.0. The normalized spacial score (nSPS) is 11.3. The van der Waals surface area contributed by atoms with E-state index in [4.69, 9.17) is 5.11 Å². The van der Waals surface area contributed by atoms with Gasteiger partial charge in [0.2, 0.25) is 0 Å². The summed E-state index contributed by atoms with van der Waals surface area (Å²) in [6.07, 6.45) is 0.763. The quantitative estimate of drug-likeness (QED) is 0.817. The summed E-state index contributed by atoms with van der Waals surface area (Å²) in [7, 11) is 0. The summed E-state index contributed by atoms with van der Waals surface area (Å²) in [6.45, 7) is 7.57. The van der Waals surface area contributed by atoms with Gasteiger partial charge in [-0.25, -0.2) is 9.97 Å². The maximum atomic E-state index is 11.0. The first kappa shape index (κ1) is 13.4. The van der Waals surface area contributed by atoms with Gasteiger partial charge < -0.3 is 10.4 Å². The van der Waals surface area contributed by atoms with Crippen molar-refractivity contribution in [2.24, 2.45) is 5.41 Å². The van der Waals surface area contributed by atoms with E-state index in [1.165, 1.54) is 0 Å². The van der Waals surface area contributed by atoms with Crippen molar-refractivity contribution in [2.75, 3.05) is 11.9 Å². The Morgan fingerprint density at radius 1 is 1.47 bits per heavy atom. The molecule has 0 amide bonds. The van der Waals surface area contributed by atoms with Crippen LogP contribution in [0.1, 0.15) is 32.3 Å². The van der Waals surface area contributed by atoms with Gasteiger partial charge in [-0.1, -0.05) is 6.92 Å². The Bertz CT molecular complexity index is 416. The van der Waals surface area contributed by atoms with Gasteiger partial charge in [0.1, 0.15) is 11.6 Å². The van der Waals surface area contributed by atoms with Crippen LogP contribution in [0.2, 0.25) is 0 Å². The fourth-order valence-electron chi connectivity index (χ4n) is 1.27. The lowest BCUT2D eigenvalue weighted by molar-refractivity contribution is -0.146. The van der Waals surface area contributed by atoms with E-state index in [1.807, 2.05) is 19.9 Å². The summed E-state index contributed by atoms with van der Waals surface area (Å²) in [5.41, 5.74) is 0.0677. The molecule has 0 saturated heterocycles. The lowest BCUT2D eigenvalue weighted by atomic mass is 9.94. The van der Waals surface area contributed by atoms with Crippen molar-refractivity contribution in [3.63, 3.8) is 0 Å². The average Bonchev–Trinajstić information content (AvgIpc) is 2.25. The highest BCUT2D eigenvalue weighted by molar-refractivity contribution is 5.74. The Hall–Kier alpha value is -1.65. The number of hydrogen-bond donors (Lipinski definition) is 2. The standard InChI is InChI=1S/C12H19N3O2/c1-5-9-14-8(2)6-10(15-9)13-7-12(3,4)11(16)17/h6H,5,7H2,1-4H3,(H,16,17)(H,13,14,15).